The van der Waals surface area contributed by atoms with Crippen LogP contribution < -0.4 is 4.90 Å². The van der Waals surface area contributed by atoms with Gasteiger partial charge in [0.15, 0.2) is 0 Å². The smallest absolute Gasteiger partial charge is 0.232 e. The van der Waals surface area contributed by atoms with Crippen molar-refractivity contribution in [3.63, 3.8) is 0 Å². The average Bonchev–Trinajstić information content (AvgIpc) is 3.25. The molecule has 0 aromatic heterocycles. The van der Waals surface area contributed by atoms with Gasteiger partial charge in [0.25, 0.3) is 0 Å². The average molecular weight is 328 g/mol. The molecule has 1 aliphatic carbocycles. The van der Waals surface area contributed by atoms with E-state index in [9.17, 15) is 9.59 Å². The SMILES string of the molecule is Cc1ccc(C)c(N(C(=O)C2CC(=O)N(CC3CC3)C2)C(C)C)c1. The van der Waals surface area contributed by atoms with E-state index in [1.165, 1.54) is 12.8 Å². The molecule has 1 unspecified atom stereocenters. The number of carbonyl (C=O) groups excluding carboxylic acids is 2. The zero-order valence-corrected chi connectivity index (χ0v) is 15.2. The molecule has 0 spiro atoms. The minimum atomic E-state index is -0.210. The highest BCUT2D eigenvalue weighted by Gasteiger charge is 2.39. The van der Waals surface area contributed by atoms with Crippen LogP contribution in [0, 0.1) is 25.7 Å². The molecule has 130 valence electrons. The van der Waals surface area contributed by atoms with Gasteiger partial charge in [0.2, 0.25) is 11.8 Å². The second-order valence-corrected chi connectivity index (χ2v) is 7.74. The molecule has 0 bridgehead atoms. The molecule has 1 aromatic carbocycles. The normalized spacial score (nSPS) is 20.8. The third kappa shape index (κ3) is 3.47. The van der Waals surface area contributed by atoms with Gasteiger partial charge >= 0.3 is 0 Å². The molecule has 1 aromatic rings. The van der Waals surface area contributed by atoms with Crippen LogP contribution in [0.4, 0.5) is 5.69 Å². The third-order valence-electron chi connectivity index (χ3n) is 5.12. The van der Waals surface area contributed by atoms with Gasteiger partial charge in [-0.1, -0.05) is 12.1 Å². The summed E-state index contributed by atoms with van der Waals surface area (Å²) in [5, 5.41) is 0. The van der Waals surface area contributed by atoms with Crippen molar-refractivity contribution < 1.29 is 9.59 Å². The van der Waals surface area contributed by atoms with E-state index >= 15 is 0 Å². The highest BCUT2D eigenvalue weighted by molar-refractivity contribution is 6.00. The van der Waals surface area contributed by atoms with Crippen LogP contribution in [0.1, 0.15) is 44.2 Å². The maximum atomic E-state index is 13.2. The fourth-order valence-electron chi connectivity index (χ4n) is 3.55. The van der Waals surface area contributed by atoms with Gasteiger partial charge in [-0.2, -0.15) is 0 Å². The van der Waals surface area contributed by atoms with Gasteiger partial charge in [-0.25, -0.2) is 0 Å². The monoisotopic (exact) mass is 328 g/mol. The molecular formula is C20H28N2O2. The van der Waals surface area contributed by atoms with Gasteiger partial charge in [-0.05, 0) is 63.6 Å². The quantitative estimate of drug-likeness (QED) is 0.832. The summed E-state index contributed by atoms with van der Waals surface area (Å²) >= 11 is 0. The highest BCUT2D eigenvalue weighted by Crippen LogP contribution is 2.33. The summed E-state index contributed by atoms with van der Waals surface area (Å²) < 4.78 is 0. The first-order valence-corrected chi connectivity index (χ1v) is 9.05. The molecule has 1 saturated carbocycles. The fourth-order valence-corrected chi connectivity index (χ4v) is 3.55. The van der Waals surface area contributed by atoms with Crippen molar-refractivity contribution in [3.05, 3.63) is 29.3 Å². The van der Waals surface area contributed by atoms with Crippen LogP contribution in [0.5, 0.6) is 0 Å². The minimum Gasteiger partial charge on any atom is -0.342 e. The lowest BCUT2D eigenvalue weighted by atomic mass is 10.0. The molecule has 4 nitrogen and oxygen atoms in total. The van der Waals surface area contributed by atoms with Crippen molar-refractivity contribution in [2.24, 2.45) is 11.8 Å². The number of hydrogen-bond donors (Lipinski definition) is 0. The molecule has 2 fully saturated rings. The van der Waals surface area contributed by atoms with E-state index in [4.69, 9.17) is 0 Å². The van der Waals surface area contributed by atoms with E-state index in [1.54, 1.807) is 0 Å². The Morgan fingerprint density at radius 1 is 1.29 bits per heavy atom. The number of likely N-dealkylation sites (tertiary alicyclic amines) is 1. The molecule has 2 aliphatic rings. The van der Waals surface area contributed by atoms with Crippen molar-refractivity contribution in [1.82, 2.24) is 4.90 Å². The second-order valence-electron chi connectivity index (χ2n) is 7.74. The van der Waals surface area contributed by atoms with Gasteiger partial charge in [-0.15, -0.1) is 0 Å². The van der Waals surface area contributed by atoms with Crippen LogP contribution in [0.15, 0.2) is 18.2 Å². The lowest BCUT2D eigenvalue weighted by Crippen LogP contribution is -2.42. The molecule has 1 heterocycles. The van der Waals surface area contributed by atoms with Gasteiger partial charge in [-0.3, -0.25) is 9.59 Å². The Bertz CT molecular complexity index is 649. The van der Waals surface area contributed by atoms with Gasteiger partial charge in [0.05, 0.1) is 5.92 Å². The van der Waals surface area contributed by atoms with Crippen molar-refractivity contribution in [3.8, 4) is 0 Å². The van der Waals surface area contributed by atoms with Crippen molar-refractivity contribution in [2.75, 3.05) is 18.0 Å². The summed E-state index contributed by atoms with van der Waals surface area (Å²) in [5.41, 5.74) is 3.22. The van der Waals surface area contributed by atoms with Crippen LogP contribution >= 0.6 is 0 Å². The van der Waals surface area contributed by atoms with Crippen LogP contribution in [0.2, 0.25) is 0 Å². The summed E-state index contributed by atoms with van der Waals surface area (Å²) in [6, 6.07) is 6.28. The molecule has 2 amide bonds. The Kier molecular flexibility index (Phi) is 4.66. The van der Waals surface area contributed by atoms with Gasteiger partial charge in [0, 0.05) is 31.2 Å². The number of aryl methyl sites for hydroxylation is 2. The molecule has 4 heteroatoms. The lowest BCUT2D eigenvalue weighted by Gasteiger charge is -2.31. The maximum Gasteiger partial charge on any atom is 0.232 e. The van der Waals surface area contributed by atoms with E-state index in [0.29, 0.717) is 18.9 Å². The molecule has 24 heavy (non-hydrogen) atoms. The zero-order valence-electron chi connectivity index (χ0n) is 15.2. The minimum absolute atomic E-state index is 0.0746. The van der Waals surface area contributed by atoms with Gasteiger partial charge < -0.3 is 9.80 Å². The number of rotatable bonds is 5. The van der Waals surface area contributed by atoms with Crippen LogP contribution in [0.25, 0.3) is 0 Å². The Balaban J connectivity index is 1.80. The predicted molar refractivity (Wildman–Crippen MR) is 95.9 cm³/mol. The fraction of sp³-hybridized carbons (Fsp3) is 0.600. The van der Waals surface area contributed by atoms with Crippen LogP contribution in [-0.2, 0) is 9.59 Å². The molecular weight excluding hydrogens is 300 g/mol. The highest BCUT2D eigenvalue weighted by atomic mass is 16.2. The van der Waals surface area contributed by atoms with E-state index in [1.807, 2.05) is 37.5 Å². The van der Waals surface area contributed by atoms with Crippen LogP contribution in [0.3, 0.4) is 0 Å². The first-order valence-electron chi connectivity index (χ1n) is 9.05. The summed E-state index contributed by atoms with van der Waals surface area (Å²) in [6.07, 6.45) is 2.81. The van der Waals surface area contributed by atoms with E-state index in [2.05, 4.69) is 18.2 Å². The summed E-state index contributed by atoms with van der Waals surface area (Å²) in [5.74, 6) is 0.692. The third-order valence-corrected chi connectivity index (χ3v) is 5.12. The summed E-state index contributed by atoms with van der Waals surface area (Å²) in [4.78, 5) is 29.2. The topological polar surface area (TPSA) is 40.6 Å². The number of carbonyl (C=O) groups is 2. The Morgan fingerprint density at radius 2 is 2.00 bits per heavy atom. The number of nitrogens with zero attached hydrogens (tertiary/aromatic N) is 2. The number of anilines is 1. The Labute approximate surface area is 144 Å². The molecule has 3 rings (SSSR count). The van der Waals surface area contributed by atoms with E-state index < -0.39 is 0 Å². The Morgan fingerprint density at radius 3 is 2.62 bits per heavy atom. The largest absolute Gasteiger partial charge is 0.342 e. The standard InChI is InChI=1S/C20H28N2O2/c1-13(2)22(18-9-14(3)5-6-15(18)4)20(24)17-10-19(23)21(12-17)11-16-7-8-16/h5-6,9,13,16-17H,7-8,10-12H2,1-4H3. The summed E-state index contributed by atoms with van der Waals surface area (Å²) in [6.45, 7) is 9.59. The molecule has 0 radical (unpaired) electrons. The maximum absolute atomic E-state index is 13.2. The predicted octanol–water partition coefficient (Wildman–Crippen LogP) is 3.30. The van der Waals surface area contributed by atoms with E-state index in [-0.39, 0.29) is 23.8 Å². The molecule has 0 N–H and O–H groups in total. The van der Waals surface area contributed by atoms with Crippen molar-refractivity contribution >= 4 is 17.5 Å². The first-order chi connectivity index (χ1) is 11.4. The number of hydrogen-bond acceptors (Lipinski definition) is 2. The van der Waals surface area contributed by atoms with Crippen molar-refractivity contribution in [2.45, 2.75) is 53.0 Å². The molecule has 1 saturated heterocycles. The molecule has 1 atom stereocenters. The zero-order chi connectivity index (χ0) is 17.4. The number of benzene rings is 1. The summed E-state index contributed by atoms with van der Waals surface area (Å²) in [7, 11) is 0. The Hall–Kier alpha value is -1.84. The first kappa shape index (κ1) is 17.0. The second kappa shape index (κ2) is 6.58. The van der Waals surface area contributed by atoms with Crippen LogP contribution in [-0.4, -0.2) is 35.8 Å². The number of amides is 2. The van der Waals surface area contributed by atoms with E-state index in [0.717, 1.165) is 23.4 Å². The van der Waals surface area contributed by atoms with Crippen molar-refractivity contribution in [1.29, 1.82) is 0 Å². The lowest BCUT2D eigenvalue weighted by molar-refractivity contribution is -0.128. The van der Waals surface area contributed by atoms with Gasteiger partial charge in [0.1, 0.15) is 0 Å². The molecule has 1 aliphatic heterocycles.